The van der Waals surface area contributed by atoms with Crippen LogP contribution in [-0.2, 0) is 5.41 Å². The number of carbonyl (C=O) groups is 1. The third kappa shape index (κ3) is 6.29. The summed E-state index contributed by atoms with van der Waals surface area (Å²) < 4.78 is 0. The van der Waals surface area contributed by atoms with Gasteiger partial charge in [0.2, 0.25) is 0 Å². The maximum Gasteiger partial charge on any atom is 0.193 e. The summed E-state index contributed by atoms with van der Waals surface area (Å²) in [6.07, 6.45) is 0.910. The number of hydrogen-bond donors (Lipinski definition) is 2. The van der Waals surface area contributed by atoms with E-state index in [0.717, 1.165) is 12.1 Å². The maximum absolute atomic E-state index is 13.0. The summed E-state index contributed by atoms with van der Waals surface area (Å²) in [6, 6.07) is 22.0. The van der Waals surface area contributed by atoms with E-state index in [4.69, 9.17) is 12.2 Å². The van der Waals surface area contributed by atoms with Gasteiger partial charge in [-0.3, -0.25) is 4.79 Å². The molecule has 1 atom stereocenters. The first-order valence-corrected chi connectivity index (χ1v) is 11.9. The molecule has 0 amide bonds. The Bertz CT molecular complexity index is 1140. The highest BCUT2D eigenvalue weighted by atomic mass is 32.1. The lowest BCUT2D eigenvalue weighted by Gasteiger charge is -2.21. The summed E-state index contributed by atoms with van der Waals surface area (Å²) in [6.45, 7) is 12.9. The Kier molecular flexibility index (Phi) is 7.70. The van der Waals surface area contributed by atoms with Crippen LogP contribution in [0.3, 0.4) is 0 Å². The molecule has 0 aliphatic carbocycles. The van der Waals surface area contributed by atoms with Crippen LogP contribution in [0.5, 0.6) is 0 Å². The van der Waals surface area contributed by atoms with Gasteiger partial charge in [-0.2, -0.15) is 0 Å². The van der Waals surface area contributed by atoms with E-state index in [0.29, 0.717) is 16.2 Å². The number of thiocarbonyl (C=S) groups is 1. The van der Waals surface area contributed by atoms with Crippen LogP contribution in [0, 0.1) is 13.8 Å². The van der Waals surface area contributed by atoms with Crippen molar-refractivity contribution >= 4 is 28.8 Å². The summed E-state index contributed by atoms with van der Waals surface area (Å²) in [4.78, 5) is 13.0. The van der Waals surface area contributed by atoms with Crippen molar-refractivity contribution in [3.63, 3.8) is 0 Å². The highest BCUT2D eigenvalue weighted by molar-refractivity contribution is 7.80. The van der Waals surface area contributed by atoms with Crippen LogP contribution in [0.2, 0.25) is 0 Å². The molecular formula is C29H34N2OS. The summed E-state index contributed by atoms with van der Waals surface area (Å²) in [5.74, 6) is -0.000415. The molecule has 0 bridgehead atoms. The van der Waals surface area contributed by atoms with E-state index in [1.54, 1.807) is 0 Å². The Labute approximate surface area is 203 Å². The van der Waals surface area contributed by atoms with Crippen molar-refractivity contribution in [2.75, 3.05) is 5.32 Å². The number of aryl methyl sites for hydroxylation is 2. The van der Waals surface area contributed by atoms with E-state index in [9.17, 15) is 4.79 Å². The number of carbonyl (C=O) groups excluding carboxylic acids is 1. The van der Waals surface area contributed by atoms with Crippen LogP contribution in [0.15, 0.2) is 66.7 Å². The van der Waals surface area contributed by atoms with E-state index in [1.807, 2.05) is 48.5 Å². The second-order valence-corrected chi connectivity index (χ2v) is 10.0. The van der Waals surface area contributed by atoms with Crippen molar-refractivity contribution in [3.8, 4) is 0 Å². The second-order valence-electron chi connectivity index (χ2n) is 9.64. The fourth-order valence-corrected chi connectivity index (χ4v) is 4.01. The first-order valence-electron chi connectivity index (χ1n) is 11.5. The van der Waals surface area contributed by atoms with Gasteiger partial charge >= 0.3 is 0 Å². The lowest BCUT2D eigenvalue weighted by molar-refractivity contribution is 0.103. The average molecular weight is 459 g/mol. The fourth-order valence-electron chi connectivity index (χ4n) is 3.75. The van der Waals surface area contributed by atoms with Gasteiger partial charge in [-0.05, 0) is 72.3 Å². The molecule has 0 saturated carbocycles. The van der Waals surface area contributed by atoms with Gasteiger partial charge < -0.3 is 10.6 Å². The van der Waals surface area contributed by atoms with Crippen LogP contribution in [-0.4, -0.2) is 10.9 Å². The van der Waals surface area contributed by atoms with Crippen molar-refractivity contribution in [1.82, 2.24) is 5.32 Å². The third-order valence-electron chi connectivity index (χ3n) is 6.04. The molecule has 3 rings (SSSR count). The lowest BCUT2D eigenvalue weighted by atomic mass is 9.86. The van der Waals surface area contributed by atoms with Crippen molar-refractivity contribution < 1.29 is 4.79 Å². The maximum atomic E-state index is 13.0. The number of benzene rings is 3. The third-order valence-corrected chi connectivity index (χ3v) is 6.26. The molecule has 172 valence electrons. The smallest absolute Gasteiger partial charge is 0.193 e. The van der Waals surface area contributed by atoms with Gasteiger partial charge in [0.25, 0.3) is 0 Å². The molecule has 0 radical (unpaired) electrons. The van der Waals surface area contributed by atoms with Crippen LogP contribution in [0.1, 0.15) is 78.3 Å². The molecular weight excluding hydrogens is 424 g/mol. The van der Waals surface area contributed by atoms with Crippen LogP contribution < -0.4 is 10.6 Å². The first kappa shape index (κ1) is 24.7. The van der Waals surface area contributed by atoms with E-state index in [2.05, 4.69) is 70.4 Å². The van der Waals surface area contributed by atoms with Gasteiger partial charge in [-0.1, -0.05) is 82.3 Å². The molecule has 0 heterocycles. The minimum Gasteiger partial charge on any atom is -0.356 e. The summed E-state index contributed by atoms with van der Waals surface area (Å²) >= 11 is 5.58. The molecule has 0 unspecified atom stereocenters. The van der Waals surface area contributed by atoms with Crippen LogP contribution >= 0.6 is 12.2 Å². The Hall–Kier alpha value is -2.98. The van der Waals surface area contributed by atoms with Crippen molar-refractivity contribution in [1.29, 1.82) is 0 Å². The SMILES string of the molecule is CC[C@@H](NC(=S)Nc1cccc(C(=O)c2ccc(C(C)(C)C)cc2)c1)c1ccc(C)c(C)c1. The normalized spacial score (nSPS) is 12.2. The molecule has 3 aromatic rings. The molecule has 0 aliphatic rings. The van der Waals surface area contributed by atoms with Gasteiger partial charge in [0.15, 0.2) is 10.9 Å². The van der Waals surface area contributed by atoms with E-state index in [1.165, 1.54) is 22.3 Å². The topological polar surface area (TPSA) is 41.1 Å². The highest BCUT2D eigenvalue weighted by Crippen LogP contribution is 2.24. The average Bonchev–Trinajstić information content (AvgIpc) is 2.78. The van der Waals surface area contributed by atoms with Gasteiger partial charge in [0.1, 0.15) is 0 Å². The Morgan fingerprint density at radius 2 is 1.61 bits per heavy atom. The molecule has 4 heteroatoms. The van der Waals surface area contributed by atoms with Crippen molar-refractivity contribution in [2.45, 2.75) is 59.4 Å². The number of anilines is 1. The highest BCUT2D eigenvalue weighted by Gasteiger charge is 2.16. The number of hydrogen-bond acceptors (Lipinski definition) is 2. The van der Waals surface area contributed by atoms with Gasteiger partial charge in [0.05, 0.1) is 6.04 Å². The molecule has 2 N–H and O–H groups in total. The van der Waals surface area contributed by atoms with Gasteiger partial charge in [-0.15, -0.1) is 0 Å². The quantitative estimate of drug-likeness (QED) is 0.301. The second kappa shape index (κ2) is 10.3. The zero-order valence-electron chi connectivity index (χ0n) is 20.5. The van der Waals surface area contributed by atoms with E-state index in [-0.39, 0.29) is 17.2 Å². The van der Waals surface area contributed by atoms with Crippen molar-refractivity contribution in [2.24, 2.45) is 0 Å². The minimum atomic E-state index is -0.000415. The monoisotopic (exact) mass is 458 g/mol. The standard InChI is InChI=1S/C29H34N2OS/c1-7-26(22-12-11-19(2)20(3)17-22)31-28(33)30-25-10-8-9-23(18-25)27(32)21-13-15-24(16-14-21)29(4,5)6/h8-18,26H,7H2,1-6H3,(H2,30,31,33)/t26-/m1/s1. The first-order chi connectivity index (χ1) is 15.6. The minimum absolute atomic E-state index is 0.000415. The van der Waals surface area contributed by atoms with E-state index >= 15 is 0 Å². The summed E-state index contributed by atoms with van der Waals surface area (Å²) in [7, 11) is 0. The Balaban J connectivity index is 1.70. The van der Waals surface area contributed by atoms with Gasteiger partial charge in [0, 0.05) is 16.8 Å². The van der Waals surface area contributed by atoms with E-state index < -0.39 is 0 Å². The van der Waals surface area contributed by atoms with Crippen molar-refractivity contribution in [3.05, 3.63) is 100 Å². The van der Waals surface area contributed by atoms with Crippen LogP contribution in [0.4, 0.5) is 5.69 Å². The molecule has 0 spiro atoms. The number of nitrogens with one attached hydrogen (secondary N) is 2. The summed E-state index contributed by atoms with van der Waals surface area (Å²) in [5, 5.41) is 7.20. The molecule has 0 aliphatic heterocycles. The molecule has 0 aromatic heterocycles. The molecule has 0 saturated heterocycles. The lowest BCUT2D eigenvalue weighted by Crippen LogP contribution is -2.32. The molecule has 3 aromatic carbocycles. The number of rotatable bonds is 6. The fraction of sp³-hybridized carbons (Fsp3) is 0.310. The molecule has 33 heavy (non-hydrogen) atoms. The van der Waals surface area contributed by atoms with Gasteiger partial charge in [-0.25, -0.2) is 0 Å². The largest absolute Gasteiger partial charge is 0.356 e. The number of ketones is 1. The predicted molar refractivity (Wildman–Crippen MR) is 143 cm³/mol. The zero-order valence-corrected chi connectivity index (χ0v) is 21.3. The zero-order chi connectivity index (χ0) is 24.2. The Morgan fingerprint density at radius 3 is 2.21 bits per heavy atom. The summed E-state index contributed by atoms with van der Waals surface area (Å²) in [5.41, 5.74) is 7.14. The predicted octanol–water partition coefficient (Wildman–Crippen LogP) is 7.27. The molecule has 3 nitrogen and oxygen atoms in total. The Morgan fingerprint density at radius 1 is 0.909 bits per heavy atom. The molecule has 0 fully saturated rings. The van der Waals surface area contributed by atoms with Crippen LogP contribution in [0.25, 0.3) is 0 Å².